The summed E-state index contributed by atoms with van der Waals surface area (Å²) in [6, 6.07) is 11.9. The average Bonchev–Trinajstić information content (AvgIpc) is 2.99. The zero-order chi connectivity index (χ0) is 27.9. The van der Waals surface area contributed by atoms with Crippen molar-refractivity contribution in [3.63, 3.8) is 0 Å². The molecule has 0 saturated heterocycles. The fraction of sp³-hybridized carbons (Fsp3) is 0.657. The van der Waals surface area contributed by atoms with Crippen LogP contribution in [0.3, 0.4) is 0 Å². The number of aryl methyl sites for hydroxylation is 1. The third-order valence-electron chi connectivity index (χ3n) is 9.98. The molecule has 5 rings (SSSR count). The average molecular weight is 555 g/mol. The van der Waals surface area contributed by atoms with Gasteiger partial charge in [-0.05, 0) is 130 Å². The summed E-state index contributed by atoms with van der Waals surface area (Å²) >= 11 is 0. The van der Waals surface area contributed by atoms with Crippen LogP contribution in [0.1, 0.15) is 95.6 Å². The van der Waals surface area contributed by atoms with E-state index in [1.807, 2.05) is 0 Å². The largest absolute Gasteiger partial charge is 0.491 e. The van der Waals surface area contributed by atoms with Crippen molar-refractivity contribution in [1.82, 2.24) is 0 Å². The fourth-order valence-corrected chi connectivity index (χ4v) is 7.73. The lowest BCUT2D eigenvalue weighted by molar-refractivity contribution is -0.0103. The highest BCUT2D eigenvalue weighted by molar-refractivity contribution is 5.35. The maximum absolute atomic E-state index is 14.4. The predicted molar refractivity (Wildman–Crippen MR) is 156 cm³/mol. The van der Waals surface area contributed by atoms with Gasteiger partial charge in [-0.2, -0.15) is 8.78 Å². The van der Waals surface area contributed by atoms with Crippen LogP contribution in [0.5, 0.6) is 11.5 Å². The minimum absolute atomic E-state index is 0.00347. The van der Waals surface area contributed by atoms with E-state index in [1.165, 1.54) is 81.0 Å². The van der Waals surface area contributed by atoms with Crippen LogP contribution in [-0.4, -0.2) is 19.3 Å². The van der Waals surface area contributed by atoms with Crippen molar-refractivity contribution in [3.8, 4) is 11.5 Å². The van der Waals surface area contributed by atoms with Crippen molar-refractivity contribution >= 4 is 0 Å². The van der Waals surface area contributed by atoms with Gasteiger partial charge in [-0.1, -0.05) is 37.6 Å². The molecular formula is C35H48F2O3. The summed E-state index contributed by atoms with van der Waals surface area (Å²) in [5.74, 6) is 1.75. The SMILES string of the molecule is CCCc1ccc(COC2CCC(C3CCC4CC(COc5ccc(OCC)c(F)c5F)CCC4C3)CC2)cc1. The molecule has 2 aromatic rings. The number of rotatable bonds is 11. The lowest BCUT2D eigenvalue weighted by Crippen LogP contribution is -2.36. The first-order chi connectivity index (χ1) is 19.5. The Hall–Kier alpha value is -2.14. The van der Waals surface area contributed by atoms with Crippen LogP contribution in [0.15, 0.2) is 36.4 Å². The van der Waals surface area contributed by atoms with Gasteiger partial charge in [-0.25, -0.2) is 0 Å². The van der Waals surface area contributed by atoms with Crippen LogP contribution in [-0.2, 0) is 17.8 Å². The van der Waals surface area contributed by atoms with E-state index >= 15 is 0 Å². The molecule has 4 unspecified atom stereocenters. The number of hydrogen-bond donors (Lipinski definition) is 0. The Balaban J connectivity index is 1.02. The van der Waals surface area contributed by atoms with Crippen LogP contribution >= 0.6 is 0 Å². The first kappa shape index (κ1) is 29.4. The van der Waals surface area contributed by atoms with Gasteiger partial charge in [0.25, 0.3) is 0 Å². The minimum atomic E-state index is -0.959. The quantitative estimate of drug-likeness (QED) is 0.277. The second kappa shape index (κ2) is 14.2. The number of hydrogen-bond acceptors (Lipinski definition) is 3. The Labute approximate surface area is 240 Å². The standard InChI is InChI=1S/C35H48F2O3/c1-3-5-24-6-8-25(9-7-24)22-39-31-16-14-27(15-17-31)29-13-12-28-20-26(10-11-30(28)21-29)23-40-33-19-18-32(38-4-2)34(36)35(33)37/h6-9,18-19,26-31H,3-5,10-17,20-23H2,1-2H3. The monoisotopic (exact) mass is 554 g/mol. The Morgan fingerprint density at radius 1 is 0.650 bits per heavy atom. The molecule has 220 valence electrons. The molecule has 0 heterocycles. The Morgan fingerprint density at radius 3 is 1.90 bits per heavy atom. The Bertz CT molecular complexity index is 1060. The van der Waals surface area contributed by atoms with Gasteiger partial charge in [0.1, 0.15) is 0 Å². The fourth-order valence-electron chi connectivity index (χ4n) is 7.73. The number of ether oxygens (including phenoxy) is 3. The van der Waals surface area contributed by atoms with Crippen LogP contribution in [0.4, 0.5) is 8.78 Å². The summed E-state index contributed by atoms with van der Waals surface area (Å²) in [5, 5.41) is 0. The first-order valence-electron chi connectivity index (χ1n) is 16.0. The zero-order valence-corrected chi connectivity index (χ0v) is 24.5. The predicted octanol–water partition coefficient (Wildman–Crippen LogP) is 9.30. The molecule has 3 fully saturated rings. The molecule has 0 aliphatic heterocycles. The van der Waals surface area contributed by atoms with Crippen molar-refractivity contribution < 1.29 is 23.0 Å². The van der Waals surface area contributed by atoms with Crippen molar-refractivity contribution in [3.05, 3.63) is 59.2 Å². The molecule has 40 heavy (non-hydrogen) atoms. The van der Waals surface area contributed by atoms with Crippen molar-refractivity contribution in [1.29, 1.82) is 0 Å². The van der Waals surface area contributed by atoms with E-state index in [9.17, 15) is 8.78 Å². The smallest absolute Gasteiger partial charge is 0.204 e. The molecule has 0 spiro atoms. The normalized spacial score (nSPS) is 28.6. The number of halogens is 2. The van der Waals surface area contributed by atoms with Crippen molar-refractivity contribution in [2.75, 3.05) is 13.2 Å². The molecule has 0 radical (unpaired) electrons. The summed E-state index contributed by atoms with van der Waals surface area (Å²) in [4.78, 5) is 0. The van der Waals surface area contributed by atoms with Crippen LogP contribution in [0, 0.1) is 41.2 Å². The second-order valence-corrected chi connectivity index (χ2v) is 12.6. The van der Waals surface area contributed by atoms with Crippen molar-refractivity contribution in [2.45, 2.75) is 104 Å². The third kappa shape index (κ3) is 7.38. The van der Waals surface area contributed by atoms with Crippen LogP contribution < -0.4 is 9.47 Å². The molecule has 5 heteroatoms. The number of fused-ring (bicyclic) bond motifs is 1. The molecule has 4 atom stereocenters. The summed E-state index contributed by atoms with van der Waals surface area (Å²) in [6.45, 7) is 5.47. The minimum Gasteiger partial charge on any atom is -0.491 e. The molecular weight excluding hydrogens is 506 g/mol. The van der Waals surface area contributed by atoms with Crippen LogP contribution in [0.2, 0.25) is 0 Å². The topological polar surface area (TPSA) is 27.7 Å². The van der Waals surface area contributed by atoms with E-state index < -0.39 is 11.6 Å². The van der Waals surface area contributed by atoms with Gasteiger partial charge >= 0.3 is 0 Å². The lowest BCUT2D eigenvalue weighted by Gasteiger charge is -2.45. The summed E-state index contributed by atoms with van der Waals surface area (Å²) in [5.41, 5.74) is 2.71. The second-order valence-electron chi connectivity index (χ2n) is 12.6. The van der Waals surface area contributed by atoms with Gasteiger partial charge in [0, 0.05) is 0 Å². The molecule has 3 nitrogen and oxygen atoms in total. The maximum atomic E-state index is 14.4. The first-order valence-corrected chi connectivity index (χ1v) is 16.0. The molecule has 0 aromatic heterocycles. The highest BCUT2D eigenvalue weighted by Gasteiger charge is 2.39. The van der Waals surface area contributed by atoms with E-state index in [4.69, 9.17) is 14.2 Å². The van der Waals surface area contributed by atoms with Crippen molar-refractivity contribution in [2.24, 2.45) is 29.6 Å². The summed E-state index contributed by atoms with van der Waals surface area (Å²) in [6.07, 6.45) is 15.3. The van der Waals surface area contributed by atoms with Gasteiger partial charge < -0.3 is 14.2 Å². The molecule has 2 aromatic carbocycles. The zero-order valence-electron chi connectivity index (χ0n) is 24.5. The number of benzene rings is 2. The molecule has 3 aliphatic rings. The highest BCUT2D eigenvalue weighted by atomic mass is 19.2. The summed E-state index contributed by atoms with van der Waals surface area (Å²) in [7, 11) is 0. The van der Waals surface area contributed by atoms with E-state index in [2.05, 4.69) is 31.2 Å². The van der Waals surface area contributed by atoms with Gasteiger partial charge in [0.05, 0.1) is 25.9 Å². The van der Waals surface area contributed by atoms with Gasteiger partial charge in [0.2, 0.25) is 11.6 Å². The van der Waals surface area contributed by atoms with Gasteiger partial charge in [0.15, 0.2) is 11.5 Å². The highest BCUT2D eigenvalue weighted by Crippen LogP contribution is 2.49. The summed E-state index contributed by atoms with van der Waals surface area (Å²) < 4.78 is 45.9. The maximum Gasteiger partial charge on any atom is 0.204 e. The Morgan fingerprint density at radius 2 is 1.23 bits per heavy atom. The molecule has 0 bridgehead atoms. The molecule has 0 amide bonds. The van der Waals surface area contributed by atoms with Gasteiger partial charge in [-0.3, -0.25) is 0 Å². The molecule has 3 aliphatic carbocycles. The third-order valence-corrected chi connectivity index (χ3v) is 9.98. The van der Waals surface area contributed by atoms with Gasteiger partial charge in [-0.15, -0.1) is 0 Å². The molecule has 3 saturated carbocycles. The lowest BCUT2D eigenvalue weighted by atomic mass is 9.61. The Kier molecular flexibility index (Phi) is 10.4. The van der Waals surface area contributed by atoms with E-state index in [1.54, 1.807) is 6.92 Å². The van der Waals surface area contributed by atoms with Crippen LogP contribution in [0.25, 0.3) is 0 Å². The van der Waals surface area contributed by atoms with E-state index in [-0.39, 0.29) is 11.5 Å². The molecule has 0 N–H and O–H groups in total. The van der Waals surface area contributed by atoms with E-state index in [0.717, 1.165) is 49.5 Å². The van der Waals surface area contributed by atoms with E-state index in [0.29, 0.717) is 25.2 Å².